The third-order valence-corrected chi connectivity index (χ3v) is 5.47. The van der Waals surface area contributed by atoms with Crippen molar-refractivity contribution in [3.8, 4) is 0 Å². The lowest BCUT2D eigenvalue weighted by molar-refractivity contribution is 0.582. The van der Waals surface area contributed by atoms with Gasteiger partial charge in [-0.15, -0.1) is 24.0 Å². The van der Waals surface area contributed by atoms with E-state index >= 15 is 0 Å². The van der Waals surface area contributed by atoms with Crippen LogP contribution in [0.15, 0.2) is 58.4 Å². The zero-order chi connectivity index (χ0) is 19.0. The first-order valence-electron chi connectivity index (χ1n) is 8.70. The molecule has 2 rings (SSSR count). The standard InChI is InChI=1S/C19H26N4O2S.HI/c1-3-15-9-8-10-16(4-2)18(15)23-19(20)21-13-14-22-26(24,25)17-11-6-5-7-12-17;/h5-12,22H,3-4,13-14H2,1-2H3,(H3,20,21,23);1H. The molecule has 0 atom stereocenters. The normalized spacial score (nSPS) is 11.7. The average Bonchev–Trinajstić information content (AvgIpc) is 2.66. The van der Waals surface area contributed by atoms with Crippen LogP contribution in [0.1, 0.15) is 25.0 Å². The highest BCUT2D eigenvalue weighted by Gasteiger charge is 2.12. The molecule has 0 spiro atoms. The summed E-state index contributed by atoms with van der Waals surface area (Å²) in [6, 6.07) is 14.4. The first-order valence-corrected chi connectivity index (χ1v) is 10.2. The number of aryl methyl sites for hydroxylation is 2. The minimum atomic E-state index is -3.52. The van der Waals surface area contributed by atoms with Crippen molar-refractivity contribution in [2.75, 3.05) is 18.4 Å². The molecule has 0 aliphatic rings. The third-order valence-electron chi connectivity index (χ3n) is 3.99. The number of nitrogens with one attached hydrogen (secondary N) is 2. The second-order valence-corrected chi connectivity index (χ2v) is 7.53. The summed E-state index contributed by atoms with van der Waals surface area (Å²) in [5, 5.41) is 3.16. The monoisotopic (exact) mass is 502 g/mol. The van der Waals surface area contributed by atoms with Gasteiger partial charge >= 0.3 is 0 Å². The van der Waals surface area contributed by atoms with E-state index in [1.807, 2.05) is 6.07 Å². The van der Waals surface area contributed by atoms with Crippen molar-refractivity contribution in [3.63, 3.8) is 0 Å². The Balaban J connectivity index is 0.00000364. The molecule has 0 aromatic heterocycles. The van der Waals surface area contributed by atoms with Crippen molar-refractivity contribution in [2.24, 2.45) is 10.7 Å². The van der Waals surface area contributed by atoms with Gasteiger partial charge in [-0.05, 0) is 36.1 Å². The molecule has 2 aromatic rings. The maximum atomic E-state index is 12.1. The summed E-state index contributed by atoms with van der Waals surface area (Å²) in [6.45, 7) is 4.60. The highest BCUT2D eigenvalue weighted by Crippen LogP contribution is 2.22. The van der Waals surface area contributed by atoms with E-state index in [9.17, 15) is 8.42 Å². The minimum Gasteiger partial charge on any atom is -0.370 e. The van der Waals surface area contributed by atoms with Gasteiger partial charge in [0.25, 0.3) is 0 Å². The molecule has 27 heavy (non-hydrogen) atoms. The molecule has 0 bridgehead atoms. The number of rotatable bonds is 8. The first kappa shape index (κ1) is 23.4. The lowest BCUT2D eigenvalue weighted by atomic mass is 10.0. The van der Waals surface area contributed by atoms with Gasteiger partial charge in [0.05, 0.1) is 11.4 Å². The molecule has 0 fully saturated rings. The molecular formula is C19H27IN4O2S. The predicted molar refractivity (Wildman–Crippen MR) is 122 cm³/mol. The molecular weight excluding hydrogens is 475 g/mol. The number of hydrogen-bond acceptors (Lipinski definition) is 3. The number of guanidine groups is 1. The minimum absolute atomic E-state index is 0. The van der Waals surface area contributed by atoms with E-state index in [4.69, 9.17) is 5.73 Å². The first-order chi connectivity index (χ1) is 12.5. The van der Waals surface area contributed by atoms with Gasteiger partial charge in [-0.2, -0.15) is 0 Å². The molecule has 148 valence electrons. The van der Waals surface area contributed by atoms with Crippen LogP contribution in [0, 0.1) is 0 Å². The van der Waals surface area contributed by atoms with Crippen molar-refractivity contribution >= 4 is 45.6 Å². The summed E-state index contributed by atoms with van der Waals surface area (Å²) in [5.74, 6) is 0.277. The van der Waals surface area contributed by atoms with E-state index < -0.39 is 10.0 Å². The molecule has 4 N–H and O–H groups in total. The number of aliphatic imine (C=N–C) groups is 1. The van der Waals surface area contributed by atoms with Gasteiger partial charge in [0.15, 0.2) is 5.96 Å². The summed E-state index contributed by atoms with van der Waals surface area (Å²) in [7, 11) is -3.52. The van der Waals surface area contributed by atoms with Gasteiger partial charge in [-0.1, -0.05) is 50.2 Å². The lowest BCUT2D eigenvalue weighted by Crippen LogP contribution is -2.29. The SMILES string of the molecule is CCc1cccc(CC)c1NC(N)=NCCNS(=O)(=O)c1ccccc1.I. The zero-order valence-corrected chi connectivity index (χ0v) is 18.8. The van der Waals surface area contributed by atoms with Gasteiger partial charge in [0.1, 0.15) is 0 Å². The number of sulfonamides is 1. The fraction of sp³-hybridized carbons (Fsp3) is 0.316. The fourth-order valence-corrected chi connectivity index (χ4v) is 3.65. The Morgan fingerprint density at radius 1 is 1.00 bits per heavy atom. The van der Waals surface area contributed by atoms with Crippen LogP contribution in [0.4, 0.5) is 5.69 Å². The molecule has 2 aromatic carbocycles. The molecule has 6 nitrogen and oxygen atoms in total. The van der Waals surface area contributed by atoms with Crippen molar-refractivity contribution in [2.45, 2.75) is 31.6 Å². The van der Waals surface area contributed by atoms with Crippen LogP contribution in [-0.2, 0) is 22.9 Å². The van der Waals surface area contributed by atoms with E-state index in [1.54, 1.807) is 30.3 Å². The van der Waals surface area contributed by atoms with Crippen LogP contribution >= 0.6 is 24.0 Å². The number of anilines is 1. The van der Waals surface area contributed by atoms with Crippen LogP contribution < -0.4 is 15.8 Å². The highest BCUT2D eigenvalue weighted by atomic mass is 127. The molecule has 0 unspecified atom stereocenters. The number of nitrogens with two attached hydrogens (primary N) is 1. The fourth-order valence-electron chi connectivity index (χ4n) is 2.61. The highest BCUT2D eigenvalue weighted by molar-refractivity contribution is 14.0. The number of halogens is 1. The predicted octanol–water partition coefficient (Wildman–Crippen LogP) is 3.13. The maximum absolute atomic E-state index is 12.1. The Labute approximate surface area is 178 Å². The number of nitrogens with zero attached hydrogens (tertiary/aromatic N) is 1. The molecule has 0 saturated carbocycles. The maximum Gasteiger partial charge on any atom is 0.240 e. The average molecular weight is 502 g/mol. The van der Waals surface area contributed by atoms with E-state index in [2.05, 4.69) is 41.0 Å². The number of hydrogen-bond donors (Lipinski definition) is 3. The summed E-state index contributed by atoms with van der Waals surface area (Å²) in [4.78, 5) is 4.46. The largest absolute Gasteiger partial charge is 0.370 e. The van der Waals surface area contributed by atoms with Crippen molar-refractivity contribution < 1.29 is 8.42 Å². The number of para-hydroxylation sites is 1. The van der Waals surface area contributed by atoms with E-state index in [0.29, 0.717) is 0 Å². The number of benzene rings is 2. The van der Waals surface area contributed by atoms with Crippen LogP contribution in [0.25, 0.3) is 0 Å². The van der Waals surface area contributed by atoms with Crippen molar-refractivity contribution in [1.29, 1.82) is 0 Å². The van der Waals surface area contributed by atoms with Gasteiger partial charge in [-0.25, -0.2) is 13.1 Å². The molecule has 0 saturated heterocycles. The molecule has 0 heterocycles. The van der Waals surface area contributed by atoms with E-state index in [-0.39, 0.29) is 47.9 Å². The summed E-state index contributed by atoms with van der Waals surface area (Å²) >= 11 is 0. The Hall–Kier alpha value is -1.65. The van der Waals surface area contributed by atoms with Crippen LogP contribution in [0.3, 0.4) is 0 Å². The van der Waals surface area contributed by atoms with Gasteiger partial charge < -0.3 is 11.1 Å². The van der Waals surface area contributed by atoms with Crippen LogP contribution in [0.5, 0.6) is 0 Å². The van der Waals surface area contributed by atoms with Gasteiger partial charge in [0.2, 0.25) is 10.0 Å². The molecule has 0 aliphatic heterocycles. The zero-order valence-electron chi connectivity index (χ0n) is 15.6. The quantitative estimate of drug-likeness (QED) is 0.224. The Morgan fingerprint density at radius 2 is 1.59 bits per heavy atom. The van der Waals surface area contributed by atoms with Crippen molar-refractivity contribution in [1.82, 2.24) is 4.72 Å². The second-order valence-electron chi connectivity index (χ2n) is 5.76. The van der Waals surface area contributed by atoms with Gasteiger partial charge in [0, 0.05) is 12.2 Å². The Morgan fingerprint density at radius 3 is 2.15 bits per heavy atom. The molecule has 0 amide bonds. The Bertz CT molecular complexity index is 833. The Kier molecular flexibility index (Phi) is 9.75. The van der Waals surface area contributed by atoms with Crippen LogP contribution in [0.2, 0.25) is 0 Å². The van der Waals surface area contributed by atoms with E-state index in [0.717, 1.165) is 18.5 Å². The van der Waals surface area contributed by atoms with Crippen molar-refractivity contribution in [3.05, 3.63) is 59.7 Å². The lowest BCUT2D eigenvalue weighted by Gasteiger charge is -2.14. The van der Waals surface area contributed by atoms with Crippen LogP contribution in [-0.4, -0.2) is 27.5 Å². The smallest absolute Gasteiger partial charge is 0.240 e. The molecule has 0 aliphatic carbocycles. The summed E-state index contributed by atoms with van der Waals surface area (Å²) in [6.07, 6.45) is 1.78. The van der Waals surface area contributed by atoms with Gasteiger partial charge in [-0.3, -0.25) is 4.99 Å². The second kappa shape index (κ2) is 11.3. The molecule has 8 heteroatoms. The summed E-state index contributed by atoms with van der Waals surface area (Å²) in [5.41, 5.74) is 9.31. The van der Waals surface area contributed by atoms with E-state index in [1.165, 1.54) is 11.1 Å². The molecule has 0 radical (unpaired) electrons. The topological polar surface area (TPSA) is 96.6 Å². The summed E-state index contributed by atoms with van der Waals surface area (Å²) < 4.78 is 26.8. The third kappa shape index (κ3) is 6.78.